The zero-order valence-electron chi connectivity index (χ0n) is 12.4. The second-order valence-corrected chi connectivity index (χ2v) is 5.13. The summed E-state index contributed by atoms with van der Waals surface area (Å²) in [5.74, 6) is 0.600. The molecule has 0 radical (unpaired) electrons. The lowest BCUT2D eigenvalue weighted by atomic mass is 10.0. The van der Waals surface area contributed by atoms with E-state index in [0.717, 1.165) is 11.1 Å². The smallest absolute Gasteiger partial charge is 0.242 e. The van der Waals surface area contributed by atoms with Crippen LogP contribution in [0.5, 0.6) is 0 Å². The fourth-order valence-electron chi connectivity index (χ4n) is 2.09. The van der Waals surface area contributed by atoms with Gasteiger partial charge in [0.05, 0.1) is 6.54 Å². The number of aryl methyl sites for hydroxylation is 1. The van der Waals surface area contributed by atoms with E-state index in [9.17, 15) is 4.79 Å². The molecule has 0 saturated carbocycles. The number of aromatic amines is 1. The summed E-state index contributed by atoms with van der Waals surface area (Å²) in [6.45, 7) is 2.28. The van der Waals surface area contributed by atoms with Gasteiger partial charge in [-0.2, -0.15) is 4.98 Å². The van der Waals surface area contributed by atoms with E-state index >= 15 is 0 Å². The van der Waals surface area contributed by atoms with Gasteiger partial charge in [-0.15, -0.1) is 5.10 Å². The average Bonchev–Trinajstić information content (AvgIpc) is 2.84. The van der Waals surface area contributed by atoms with Gasteiger partial charge in [0.15, 0.2) is 0 Å². The third-order valence-corrected chi connectivity index (χ3v) is 3.14. The van der Waals surface area contributed by atoms with E-state index in [1.807, 2.05) is 50.2 Å². The SMILES string of the molecule is Cc1ccc(C(C(=O)NCc2nc(N)n[nH]2)N(C)C)cc1. The topological polar surface area (TPSA) is 99.9 Å². The minimum absolute atomic E-state index is 0.0983. The van der Waals surface area contributed by atoms with Crippen LogP contribution in [0.2, 0.25) is 0 Å². The highest BCUT2D eigenvalue weighted by Gasteiger charge is 2.22. The molecular weight excluding hydrogens is 268 g/mol. The zero-order valence-corrected chi connectivity index (χ0v) is 12.4. The number of nitrogen functional groups attached to an aromatic ring is 1. The van der Waals surface area contributed by atoms with Gasteiger partial charge in [-0.05, 0) is 26.6 Å². The van der Waals surface area contributed by atoms with Crippen LogP contribution in [0, 0.1) is 6.92 Å². The number of hydrogen-bond acceptors (Lipinski definition) is 5. The first kappa shape index (κ1) is 15.0. The van der Waals surface area contributed by atoms with E-state index in [1.165, 1.54) is 0 Å². The maximum Gasteiger partial charge on any atom is 0.242 e. The largest absolute Gasteiger partial charge is 0.367 e. The Balaban J connectivity index is 2.07. The number of benzene rings is 1. The molecule has 21 heavy (non-hydrogen) atoms. The van der Waals surface area contributed by atoms with Gasteiger partial charge >= 0.3 is 0 Å². The molecule has 1 aromatic carbocycles. The zero-order chi connectivity index (χ0) is 15.4. The first-order chi connectivity index (χ1) is 9.97. The molecule has 4 N–H and O–H groups in total. The molecule has 1 heterocycles. The van der Waals surface area contributed by atoms with Crippen molar-refractivity contribution in [2.75, 3.05) is 19.8 Å². The van der Waals surface area contributed by atoms with Crippen LogP contribution in [-0.4, -0.2) is 40.1 Å². The van der Waals surface area contributed by atoms with Crippen molar-refractivity contribution in [1.29, 1.82) is 0 Å². The molecule has 0 aliphatic rings. The first-order valence-electron chi connectivity index (χ1n) is 6.65. The molecule has 1 atom stereocenters. The van der Waals surface area contributed by atoms with Crippen molar-refractivity contribution in [3.63, 3.8) is 0 Å². The van der Waals surface area contributed by atoms with Crippen LogP contribution in [0.3, 0.4) is 0 Å². The number of hydrogen-bond donors (Lipinski definition) is 3. The molecule has 0 aliphatic heterocycles. The minimum Gasteiger partial charge on any atom is -0.367 e. The number of nitrogens with zero attached hydrogens (tertiary/aromatic N) is 3. The summed E-state index contributed by atoms with van der Waals surface area (Å²) in [4.78, 5) is 18.2. The fourth-order valence-corrected chi connectivity index (χ4v) is 2.09. The number of aromatic nitrogens is 3. The van der Waals surface area contributed by atoms with Gasteiger partial charge in [0.2, 0.25) is 11.9 Å². The second kappa shape index (κ2) is 6.36. The summed E-state index contributed by atoms with van der Waals surface area (Å²) in [6, 6.07) is 7.57. The maximum absolute atomic E-state index is 12.4. The Kier molecular flexibility index (Phi) is 4.54. The number of anilines is 1. The summed E-state index contributed by atoms with van der Waals surface area (Å²) in [7, 11) is 3.74. The van der Waals surface area contributed by atoms with Crippen LogP contribution in [0.25, 0.3) is 0 Å². The number of likely N-dealkylation sites (N-methyl/N-ethyl adjacent to an activating group) is 1. The third-order valence-electron chi connectivity index (χ3n) is 3.14. The molecule has 0 aliphatic carbocycles. The minimum atomic E-state index is -0.356. The number of H-pyrrole nitrogens is 1. The van der Waals surface area contributed by atoms with Gasteiger partial charge in [0.1, 0.15) is 11.9 Å². The van der Waals surface area contributed by atoms with Crippen LogP contribution in [-0.2, 0) is 11.3 Å². The highest BCUT2D eigenvalue weighted by Crippen LogP contribution is 2.19. The van der Waals surface area contributed by atoms with Crippen LogP contribution < -0.4 is 11.1 Å². The third kappa shape index (κ3) is 3.79. The molecule has 1 unspecified atom stereocenters. The molecule has 7 heteroatoms. The summed E-state index contributed by atoms with van der Waals surface area (Å²) in [5.41, 5.74) is 7.53. The molecule has 2 aromatic rings. The maximum atomic E-state index is 12.4. The van der Waals surface area contributed by atoms with Crippen molar-refractivity contribution in [2.24, 2.45) is 0 Å². The lowest BCUT2D eigenvalue weighted by Crippen LogP contribution is -2.36. The predicted octanol–water partition coefficient (Wildman–Crippen LogP) is 0.614. The lowest BCUT2D eigenvalue weighted by molar-refractivity contribution is -0.126. The van der Waals surface area contributed by atoms with Crippen molar-refractivity contribution in [2.45, 2.75) is 19.5 Å². The van der Waals surface area contributed by atoms with E-state index in [4.69, 9.17) is 5.73 Å². The van der Waals surface area contributed by atoms with E-state index in [-0.39, 0.29) is 24.4 Å². The normalized spacial score (nSPS) is 12.4. The Hall–Kier alpha value is -2.41. The van der Waals surface area contributed by atoms with Crippen LogP contribution >= 0.6 is 0 Å². The number of rotatable bonds is 5. The number of amides is 1. The van der Waals surface area contributed by atoms with Crippen molar-refractivity contribution >= 4 is 11.9 Å². The Bertz CT molecular complexity index is 604. The summed E-state index contributed by atoms with van der Waals surface area (Å²) in [5, 5.41) is 9.22. The molecule has 1 amide bonds. The van der Waals surface area contributed by atoms with Crippen molar-refractivity contribution in [3.05, 3.63) is 41.2 Å². The van der Waals surface area contributed by atoms with Crippen molar-refractivity contribution < 1.29 is 4.79 Å². The monoisotopic (exact) mass is 288 g/mol. The lowest BCUT2D eigenvalue weighted by Gasteiger charge is -2.23. The summed E-state index contributed by atoms with van der Waals surface area (Å²) >= 11 is 0. The highest BCUT2D eigenvalue weighted by molar-refractivity contribution is 5.83. The molecular formula is C14H20N6O. The Morgan fingerprint density at radius 3 is 2.57 bits per heavy atom. The van der Waals surface area contributed by atoms with Crippen LogP contribution in [0.1, 0.15) is 23.0 Å². The number of carbonyl (C=O) groups excluding carboxylic acids is 1. The molecule has 112 valence electrons. The Morgan fingerprint density at radius 2 is 2.05 bits per heavy atom. The van der Waals surface area contributed by atoms with E-state index in [0.29, 0.717) is 5.82 Å². The average molecular weight is 288 g/mol. The quantitative estimate of drug-likeness (QED) is 0.748. The van der Waals surface area contributed by atoms with Gasteiger partial charge in [-0.3, -0.25) is 14.8 Å². The number of nitrogens with two attached hydrogens (primary N) is 1. The number of carbonyl (C=O) groups is 1. The van der Waals surface area contributed by atoms with Crippen molar-refractivity contribution in [3.8, 4) is 0 Å². The van der Waals surface area contributed by atoms with Crippen LogP contribution in [0.15, 0.2) is 24.3 Å². The summed E-state index contributed by atoms with van der Waals surface area (Å²) < 4.78 is 0. The van der Waals surface area contributed by atoms with E-state index in [1.54, 1.807) is 0 Å². The molecule has 2 rings (SSSR count). The molecule has 0 spiro atoms. The van der Waals surface area contributed by atoms with E-state index in [2.05, 4.69) is 20.5 Å². The molecule has 1 aromatic heterocycles. The second-order valence-electron chi connectivity index (χ2n) is 5.13. The standard InChI is InChI=1S/C14H20N6O/c1-9-4-6-10(7-5-9)12(20(2)3)13(21)16-8-11-17-14(15)19-18-11/h4-7,12H,8H2,1-3H3,(H,16,21)(H3,15,17,18,19). The fraction of sp³-hybridized carbons (Fsp3) is 0.357. The number of nitrogens with one attached hydrogen (secondary N) is 2. The van der Waals surface area contributed by atoms with Gasteiger partial charge in [0, 0.05) is 0 Å². The van der Waals surface area contributed by atoms with Gasteiger partial charge in [0.25, 0.3) is 0 Å². The molecule has 0 bridgehead atoms. The molecule has 0 fully saturated rings. The van der Waals surface area contributed by atoms with Gasteiger partial charge in [-0.1, -0.05) is 29.8 Å². The molecule has 0 saturated heterocycles. The van der Waals surface area contributed by atoms with Gasteiger partial charge in [-0.25, -0.2) is 0 Å². The first-order valence-corrected chi connectivity index (χ1v) is 6.65. The Morgan fingerprint density at radius 1 is 1.38 bits per heavy atom. The highest BCUT2D eigenvalue weighted by atomic mass is 16.2. The molecule has 7 nitrogen and oxygen atoms in total. The van der Waals surface area contributed by atoms with Crippen molar-refractivity contribution in [1.82, 2.24) is 25.4 Å². The predicted molar refractivity (Wildman–Crippen MR) is 80.2 cm³/mol. The Labute approximate surface area is 123 Å². The van der Waals surface area contributed by atoms with Gasteiger partial charge < -0.3 is 11.1 Å². The van der Waals surface area contributed by atoms with E-state index < -0.39 is 0 Å². The summed E-state index contributed by atoms with van der Waals surface area (Å²) in [6.07, 6.45) is 0. The van der Waals surface area contributed by atoms with Crippen LogP contribution in [0.4, 0.5) is 5.95 Å².